The second-order valence-electron chi connectivity index (χ2n) is 4.59. The number of sulfonamides is 1. The molecule has 2 heterocycles. The standard InChI is InChI=1S/C12H16N2O4S/c1-9-5-6-10(12(15)16)13-11(9)19(17,18)14-7-3-2-4-8-14/h5-6H,2-4,7-8H2,1H3,(H,15,16). The lowest BCUT2D eigenvalue weighted by Crippen LogP contribution is -2.36. The van der Waals surface area contributed by atoms with E-state index in [1.54, 1.807) is 6.92 Å². The van der Waals surface area contributed by atoms with Crippen molar-refractivity contribution < 1.29 is 18.3 Å². The Kier molecular flexibility index (Phi) is 3.86. The highest BCUT2D eigenvalue weighted by Gasteiger charge is 2.29. The van der Waals surface area contributed by atoms with Gasteiger partial charge in [0.1, 0.15) is 5.69 Å². The van der Waals surface area contributed by atoms with Gasteiger partial charge in [-0.1, -0.05) is 12.5 Å². The molecule has 0 amide bonds. The van der Waals surface area contributed by atoms with Gasteiger partial charge in [0, 0.05) is 13.1 Å². The highest BCUT2D eigenvalue weighted by molar-refractivity contribution is 7.89. The van der Waals surface area contributed by atoms with Gasteiger partial charge in [0.2, 0.25) is 0 Å². The summed E-state index contributed by atoms with van der Waals surface area (Å²) in [6, 6.07) is 2.79. The highest BCUT2D eigenvalue weighted by Crippen LogP contribution is 2.21. The summed E-state index contributed by atoms with van der Waals surface area (Å²) in [6.45, 7) is 2.57. The smallest absolute Gasteiger partial charge is 0.354 e. The second-order valence-corrected chi connectivity index (χ2v) is 6.44. The second kappa shape index (κ2) is 5.26. The molecule has 1 saturated heterocycles. The topological polar surface area (TPSA) is 87.6 Å². The number of nitrogens with zero attached hydrogens (tertiary/aromatic N) is 2. The Labute approximate surface area is 112 Å². The molecule has 1 aromatic rings. The summed E-state index contributed by atoms with van der Waals surface area (Å²) in [7, 11) is -3.69. The van der Waals surface area contributed by atoms with Crippen molar-refractivity contribution in [1.82, 2.24) is 9.29 Å². The highest BCUT2D eigenvalue weighted by atomic mass is 32.2. The summed E-state index contributed by atoms with van der Waals surface area (Å²) in [5, 5.41) is 8.76. The maximum absolute atomic E-state index is 12.5. The van der Waals surface area contributed by atoms with Gasteiger partial charge in [0.15, 0.2) is 5.03 Å². The molecule has 1 aliphatic rings. The summed E-state index contributed by atoms with van der Waals surface area (Å²) >= 11 is 0. The Balaban J connectivity index is 2.44. The number of piperidine rings is 1. The number of aromatic carboxylic acids is 1. The minimum absolute atomic E-state index is 0.144. The van der Waals surface area contributed by atoms with Gasteiger partial charge in [-0.05, 0) is 31.4 Å². The fourth-order valence-corrected chi connectivity index (χ4v) is 3.79. The van der Waals surface area contributed by atoms with Gasteiger partial charge in [0.05, 0.1) is 0 Å². The molecule has 0 aliphatic carbocycles. The Morgan fingerprint density at radius 1 is 1.26 bits per heavy atom. The molecule has 0 unspecified atom stereocenters. The van der Waals surface area contributed by atoms with E-state index in [9.17, 15) is 13.2 Å². The minimum Gasteiger partial charge on any atom is -0.477 e. The Morgan fingerprint density at radius 2 is 1.89 bits per heavy atom. The lowest BCUT2D eigenvalue weighted by atomic mass is 10.2. The van der Waals surface area contributed by atoms with Crippen LogP contribution in [0.5, 0.6) is 0 Å². The molecule has 2 rings (SSSR count). The third kappa shape index (κ3) is 2.76. The van der Waals surface area contributed by atoms with Crippen LogP contribution in [0.3, 0.4) is 0 Å². The summed E-state index contributed by atoms with van der Waals surface area (Å²) in [4.78, 5) is 14.7. The van der Waals surface area contributed by atoms with Crippen LogP contribution in [-0.2, 0) is 10.0 Å². The van der Waals surface area contributed by atoms with E-state index in [2.05, 4.69) is 4.98 Å². The average Bonchev–Trinajstić information content (AvgIpc) is 2.39. The van der Waals surface area contributed by atoms with Crippen molar-refractivity contribution in [3.8, 4) is 0 Å². The molecule has 0 radical (unpaired) electrons. The van der Waals surface area contributed by atoms with Crippen LogP contribution in [-0.4, -0.2) is 41.9 Å². The number of rotatable bonds is 3. The zero-order chi connectivity index (χ0) is 14.0. The van der Waals surface area contributed by atoms with E-state index in [-0.39, 0.29) is 10.7 Å². The third-order valence-corrected chi connectivity index (χ3v) is 5.12. The van der Waals surface area contributed by atoms with Crippen molar-refractivity contribution in [2.45, 2.75) is 31.2 Å². The van der Waals surface area contributed by atoms with E-state index in [0.717, 1.165) is 19.3 Å². The normalized spacial score (nSPS) is 17.3. The number of hydrogen-bond donors (Lipinski definition) is 1. The molecular formula is C12H16N2O4S. The minimum atomic E-state index is -3.69. The molecule has 0 aromatic carbocycles. The van der Waals surface area contributed by atoms with Crippen LogP contribution in [0.4, 0.5) is 0 Å². The SMILES string of the molecule is Cc1ccc(C(=O)O)nc1S(=O)(=O)N1CCCCC1. The van der Waals surface area contributed by atoms with Crippen LogP contribution in [0.1, 0.15) is 35.3 Å². The first-order chi connectivity index (χ1) is 8.93. The van der Waals surface area contributed by atoms with Crippen LogP contribution in [0, 0.1) is 6.92 Å². The first kappa shape index (κ1) is 14.0. The molecule has 7 heteroatoms. The molecule has 6 nitrogen and oxygen atoms in total. The summed E-state index contributed by atoms with van der Waals surface area (Å²) in [5.74, 6) is -1.23. The Hall–Kier alpha value is -1.47. The van der Waals surface area contributed by atoms with Crippen molar-refractivity contribution >= 4 is 16.0 Å². The summed E-state index contributed by atoms with van der Waals surface area (Å²) in [5.41, 5.74) is 0.219. The maximum Gasteiger partial charge on any atom is 0.354 e. The van der Waals surface area contributed by atoms with E-state index in [1.807, 2.05) is 0 Å². The molecule has 0 atom stereocenters. The fraction of sp³-hybridized carbons (Fsp3) is 0.500. The van der Waals surface area contributed by atoms with Crippen molar-refractivity contribution in [3.05, 3.63) is 23.4 Å². The van der Waals surface area contributed by atoms with Crippen molar-refractivity contribution in [3.63, 3.8) is 0 Å². The molecule has 1 fully saturated rings. The van der Waals surface area contributed by atoms with Gasteiger partial charge >= 0.3 is 5.97 Å². The van der Waals surface area contributed by atoms with Crippen LogP contribution < -0.4 is 0 Å². The first-order valence-corrected chi connectivity index (χ1v) is 7.58. The molecule has 1 N–H and O–H groups in total. The fourth-order valence-electron chi connectivity index (χ4n) is 2.12. The molecular weight excluding hydrogens is 268 g/mol. The molecule has 1 aromatic heterocycles. The van der Waals surface area contributed by atoms with Gasteiger partial charge < -0.3 is 5.11 Å². The van der Waals surface area contributed by atoms with E-state index < -0.39 is 16.0 Å². The van der Waals surface area contributed by atoms with Crippen LogP contribution >= 0.6 is 0 Å². The van der Waals surface area contributed by atoms with Gasteiger partial charge in [-0.25, -0.2) is 18.2 Å². The van der Waals surface area contributed by atoms with E-state index in [0.29, 0.717) is 18.7 Å². The quantitative estimate of drug-likeness (QED) is 0.903. The van der Waals surface area contributed by atoms with Crippen molar-refractivity contribution in [2.24, 2.45) is 0 Å². The van der Waals surface area contributed by atoms with Crippen molar-refractivity contribution in [1.29, 1.82) is 0 Å². The molecule has 104 valence electrons. The summed E-state index contributed by atoms with van der Waals surface area (Å²) < 4.78 is 26.3. The molecule has 0 saturated carbocycles. The predicted molar refractivity (Wildman–Crippen MR) is 68.5 cm³/mol. The van der Waals surface area contributed by atoms with Gasteiger partial charge in [0.25, 0.3) is 10.0 Å². The average molecular weight is 284 g/mol. The number of carboxylic acids is 1. The van der Waals surface area contributed by atoms with Crippen LogP contribution in [0.2, 0.25) is 0 Å². The largest absolute Gasteiger partial charge is 0.477 e. The van der Waals surface area contributed by atoms with E-state index in [4.69, 9.17) is 5.11 Å². The number of aryl methyl sites for hydroxylation is 1. The van der Waals surface area contributed by atoms with E-state index >= 15 is 0 Å². The number of pyridine rings is 1. The number of carboxylic acid groups (broad SMARTS) is 1. The lowest BCUT2D eigenvalue weighted by Gasteiger charge is -2.26. The number of carbonyl (C=O) groups is 1. The summed E-state index contributed by atoms with van der Waals surface area (Å²) in [6.07, 6.45) is 2.68. The monoisotopic (exact) mass is 284 g/mol. The zero-order valence-corrected chi connectivity index (χ0v) is 11.5. The van der Waals surface area contributed by atoms with Gasteiger partial charge in [-0.2, -0.15) is 4.31 Å². The first-order valence-electron chi connectivity index (χ1n) is 6.14. The number of aromatic nitrogens is 1. The molecule has 1 aliphatic heterocycles. The predicted octanol–water partition coefficient (Wildman–Crippen LogP) is 1.26. The van der Waals surface area contributed by atoms with Crippen LogP contribution in [0.15, 0.2) is 17.2 Å². The Morgan fingerprint density at radius 3 is 2.47 bits per heavy atom. The van der Waals surface area contributed by atoms with Gasteiger partial charge in [-0.15, -0.1) is 0 Å². The van der Waals surface area contributed by atoms with Crippen LogP contribution in [0.25, 0.3) is 0 Å². The lowest BCUT2D eigenvalue weighted by molar-refractivity contribution is 0.0689. The van der Waals surface area contributed by atoms with Crippen molar-refractivity contribution in [2.75, 3.05) is 13.1 Å². The molecule has 0 bridgehead atoms. The zero-order valence-electron chi connectivity index (χ0n) is 10.7. The third-order valence-electron chi connectivity index (χ3n) is 3.17. The van der Waals surface area contributed by atoms with Gasteiger partial charge in [-0.3, -0.25) is 0 Å². The Bertz CT molecular complexity index is 592. The number of hydrogen-bond acceptors (Lipinski definition) is 4. The molecule has 0 spiro atoms. The van der Waals surface area contributed by atoms with E-state index in [1.165, 1.54) is 16.4 Å². The maximum atomic E-state index is 12.5. The molecule has 19 heavy (non-hydrogen) atoms.